The third-order valence-electron chi connectivity index (χ3n) is 3.23. The number of phenols is 1. The van der Waals surface area contributed by atoms with Gasteiger partial charge in [0.25, 0.3) is 0 Å². The van der Waals surface area contributed by atoms with E-state index in [4.69, 9.17) is 5.73 Å². The highest BCUT2D eigenvalue weighted by molar-refractivity contribution is 5.47. The number of nitrogens with two attached hydrogens (primary N) is 1. The van der Waals surface area contributed by atoms with Gasteiger partial charge in [-0.05, 0) is 62.6 Å². The Morgan fingerprint density at radius 3 is 2.62 bits per heavy atom. The van der Waals surface area contributed by atoms with Gasteiger partial charge < -0.3 is 10.8 Å². The Kier molecular flexibility index (Phi) is 2.94. The van der Waals surface area contributed by atoms with Gasteiger partial charge in [0.2, 0.25) is 0 Å². The van der Waals surface area contributed by atoms with Gasteiger partial charge in [-0.2, -0.15) is 0 Å². The fourth-order valence-corrected chi connectivity index (χ4v) is 2.49. The molecule has 0 saturated carbocycles. The minimum Gasteiger partial charge on any atom is -0.507 e. The molecular formula is C14H21NO. The van der Waals surface area contributed by atoms with Crippen LogP contribution in [0.4, 0.5) is 0 Å². The Bertz CT molecular complexity index is 390. The number of hydrogen-bond donors (Lipinski definition) is 2. The van der Waals surface area contributed by atoms with Gasteiger partial charge in [0, 0.05) is 5.54 Å². The van der Waals surface area contributed by atoms with Crippen LogP contribution in [0.25, 0.3) is 0 Å². The van der Waals surface area contributed by atoms with Crippen molar-refractivity contribution < 1.29 is 5.11 Å². The maximum Gasteiger partial charge on any atom is 0.122 e. The molecule has 2 heteroatoms. The first-order valence-electron chi connectivity index (χ1n) is 6.09. The molecule has 1 aliphatic carbocycles. The van der Waals surface area contributed by atoms with Crippen molar-refractivity contribution in [1.82, 2.24) is 0 Å². The average molecular weight is 219 g/mol. The van der Waals surface area contributed by atoms with E-state index in [1.807, 2.05) is 19.9 Å². The van der Waals surface area contributed by atoms with E-state index in [1.165, 1.54) is 18.4 Å². The molecule has 2 rings (SSSR count). The molecule has 0 aromatic heterocycles. The molecule has 1 aromatic carbocycles. The number of phenolic OH excluding ortho intramolecular Hbond substituents is 1. The second-order valence-electron chi connectivity index (χ2n) is 5.58. The summed E-state index contributed by atoms with van der Waals surface area (Å²) >= 11 is 0. The minimum atomic E-state index is -0.264. The third kappa shape index (κ3) is 2.38. The molecule has 0 heterocycles. The van der Waals surface area contributed by atoms with Gasteiger partial charge in [0.05, 0.1) is 0 Å². The first-order chi connectivity index (χ1) is 7.47. The Balaban J connectivity index is 2.34. The monoisotopic (exact) mass is 219 g/mol. The number of aromatic hydroxyl groups is 1. The van der Waals surface area contributed by atoms with Crippen LogP contribution in [0.15, 0.2) is 12.1 Å². The van der Waals surface area contributed by atoms with Gasteiger partial charge in [-0.3, -0.25) is 0 Å². The quantitative estimate of drug-likeness (QED) is 0.803. The van der Waals surface area contributed by atoms with Crippen LogP contribution in [0.3, 0.4) is 0 Å². The lowest BCUT2D eigenvalue weighted by Gasteiger charge is -2.23. The largest absolute Gasteiger partial charge is 0.507 e. The smallest absolute Gasteiger partial charge is 0.122 e. The van der Waals surface area contributed by atoms with Crippen molar-refractivity contribution in [2.45, 2.75) is 51.5 Å². The Morgan fingerprint density at radius 2 is 1.94 bits per heavy atom. The molecule has 0 bridgehead atoms. The molecule has 0 fully saturated rings. The number of fused-ring (bicyclic) bond motifs is 1. The summed E-state index contributed by atoms with van der Waals surface area (Å²) in [5.41, 5.74) is 9.21. The first kappa shape index (κ1) is 11.5. The fourth-order valence-electron chi connectivity index (χ4n) is 2.49. The van der Waals surface area contributed by atoms with Gasteiger partial charge in [-0.1, -0.05) is 12.1 Å². The normalized spacial score (nSPS) is 15.9. The topological polar surface area (TPSA) is 46.2 Å². The van der Waals surface area contributed by atoms with Crippen molar-refractivity contribution in [3.63, 3.8) is 0 Å². The van der Waals surface area contributed by atoms with Crippen molar-refractivity contribution in [3.05, 3.63) is 28.8 Å². The van der Waals surface area contributed by atoms with Crippen LogP contribution in [-0.4, -0.2) is 10.6 Å². The van der Waals surface area contributed by atoms with Crippen LogP contribution in [0.2, 0.25) is 0 Å². The molecule has 0 radical (unpaired) electrons. The van der Waals surface area contributed by atoms with Crippen molar-refractivity contribution in [3.8, 4) is 5.75 Å². The molecule has 0 saturated heterocycles. The second-order valence-corrected chi connectivity index (χ2v) is 5.58. The molecule has 3 N–H and O–H groups in total. The number of hydrogen-bond acceptors (Lipinski definition) is 2. The summed E-state index contributed by atoms with van der Waals surface area (Å²) in [6.45, 7) is 3.98. The van der Waals surface area contributed by atoms with Crippen LogP contribution in [0, 0.1) is 0 Å². The lowest BCUT2D eigenvalue weighted by Crippen LogP contribution is -2.34. The molecule has 16 heavy (non-hydrogen) atoms. The molecule has 0 spiro atoms. The lowest BCUT2D eigenvalue weighted by atomic mass is 9.86. The summed E-state index contributed by atoms with van der Waals surface area (Å²) in [4.78, 5) is 0. The van der Waals surface area contributed by atoms with Crippen LogP contribution < -0.4 is 5.73 Å². The second kappa shape index (κ2) is 4.10. The Labute approximate surface area is 97.5 Å². The maximum absolute atomic E-state index is 10.2. The van der Waals surface area contributed by atoms with Crippen LogP contribution in [0.5, 0.6) is 5.75 Å². The van der Waals surface area contributed by atoms with Gasteiger partial charge in [0.15, 0.2) is 0 Å². The fraction of sp³-hybridized carbons (Fsp3) is 0.571. The molecule has 1 aromatic rings. The Morgan fingerprint density at radius 1 is 1.25 bits per heavy atom. The van der Waals surface area contributed by atoms with Crippen LogP contribution >= 0.6 is 0 Å². The predicted octanol–water partition coefficient (Wildman–Crippen LogP) is 2.55. The number of rotatable bonds is 2. The SMILES string of the molecule is CC(C)(N)Cc1ccc2c(c1O)CCCC2. The van der Waals surface area contributed by atoms with Crippen LogP contribution in [0.1, 0.15) is 43.4 Å². The van der Waals surface area contributed by atoms with Crippen molar-refractivity contribution in [2.24, 2.45) is 5.73 Å². The third-order valence-corrected chi connectivity index (χ3v) is 3.23. The lowest BCUT2D eigenvalue weighted by molar-refractivity contribution is 0.439. The highest BCUT2D eigenvalue weighted by atomic mass is 16.3. The highest BCUT2D eigenvalue weighted by Gasteiger charge is 2.19. The van der Waals surface area contributed by atoms with E-state index in [0.29, 0.717) is 5.75 Å². The van der Waals surface area contributed by atoms with E-state index in [-0.39, 0.29) is 5.54 Å². The Hall–Kier alpha value is -1.02. The zero-order valence-electron chi connectivity index (χ0n) is 10.2. The summed E-state index contributed by atoms with van der Waals surface area (Å²) in [5.74, 6) is 0.496. The molecule has 1 aliphatic rings. The van der Waals surface area contributed by atoms with E-state index >= 15 is 0 Å². The minimum absolute atomic E-state index is 0.264. The number of aryl methyl sites for hydroxylation is 1. The summed E-state index contributed by atoms with van der Waals surface area (Å²) in [7, 11) is 0. The number of benzene rings is 1. The van der Waals surface area contributed by atoms with Crippen molar-refractivity contribution >= 4 is 0 Å². The average Bonchev–Trinajstić information content (AvgIpc) is 2.21. The van der Waals surface area contributed by atoms with E-state index in [2.05, 4.69) is 6.07 Å². The molecule has 0 amide bonds. The van der Waals surface area contributed by atoms with E-state index in [1.54, 1.807) is 0 Å². The highest BCUT2D eigenvalue weighted by Crippen LogP contribution is 2.33. The summed E-state index contributed by atoms with van der Waals surface area (Å²) in [6.07, 6.45) is 5.28. The van der Waals surface area contributed by atoms with Gasteiger partial charge in [0.1, 0.15) is 5.75 Å². The predicted molar refractivity (Wildman–Crippen MR) is 66.7 cm³/mol. The summed E-state index contributed by atoms with van der Waals surface area (Å²) in [5, 5.41) is 10.2. The molecule has 0 atom stereocenters. The molecule has 0 aliphatic heterocycles. The first-order valence-corrected chi connectivity index (χ1v) is 6.09. The van der Waals surface area contributed by atoms with Gasteiger partial charge >= 0.3 is 0 Å². The van der Waals surface area contributed by atoms with E-state index in [9.17, 15) is 5.11 Å². The summed E-state index contributed by atoms with van der Waals surface area (Å²) < 4.78 is 0. The molecule has 0 unspecified atom stereocenters. The van der Waals surface area contributed by atoms with Gasteiger partial charge in [-0.15, -0.1) is 0 Å². The van der Waals surface area contributed by atoms with Crippen LogP contribution in [-0.2, 0) is 19.3 Å². The zero-order valence-corrected chi connectivity index (χ0v) is 10.2. The standard InChI is InChI=1S/C14H21NO/c1-14(2,15)9-11-8-7-10-5-3-4-6-12(10)13(11)16/h7-8,16H,3-6,9,15H2,1-2H3. The van der Waals surface area contributed by atoms with Gasteiger partial charge in [-0.25, -0.2) is 0 Å². The van der Waals surface area contributed by atoms with Crippen molar-refractivity contribution in [1.29, 1.82) is 0 Å². The molecule has 2 nitrogen and oxygen atoms in total. The summed E-state index contributed by atoms with van der Waals surface area (Å²) in [6, 6.07) is 4.20. The van der Waals surface area contributed by atoms with E-state index in [0.717, 1.165) is 30.4 Å². The molecule has 88 valence electrons. The van der Waals surface area contributed by atoms with E-state index < -0.39 is 0 Å². The zero-order chi connectivity index (χ0) is 11.8. The maximum atomic E-state index is 10.2. The molecular weight excluding hydrogens is 198 g/mol. The van der Waals surface area contributed by atoms with Crippen molar-refractivity contribution in [2.75, 3.05) is 0 Å².